The Morgan fingerprint density at radius 1 is 1.16 bits per heavy atom. The molecule has 0 bridgehead atoms. The van der Waals surface area contributed by atoms with Crippen molar-refractivity contribution >= 4 is 29.9 Å². The summed E-state index contributed by atoms with van der Waals surface area (Å²) < 4.78 is 0. The first kappa shape index (κ1) is 20.5. The third-order valence-electron chi connectivity index (χ3n) is 5.42. The van der Waals surface area contributed by atoms with Gasteiger partial charge < -0.3 is 15.5 Å². The molecule has 1 aromatic rings. The lowest BCUT2D eigenvalue weighted by atomic mass is 9.85. The van der Waals surface area contributed by atoms with Crippen molar-refractivity contribution in [3.05, 3.63) is 35.9 Å². The van der Waals surface area contributed by atoms with Gasteiger partial charge >= 0.3 is 0 Å². The summed E-state index contributed by atoms with van der Waals surface area (Å²) in [6.07, 6.45) is 4.14. The Labute approximate surface area is 169 Å². The molecule has 0 spiro atoms. The minimum absolute atomic E-state index is 0. The minimum Gasteiger partial charge on any atom is -0.356 e. The summed E-state index contributed by atoms with van der Waals surface area (Å²) in [5.41, 5.74) is 1.43. The van der Waals surface area contributed by atoms with Crippen molar-refractivity contribution in [3.8, 4) is 0 Å². The maximum atomic E-state index is 4.39. The van der Waals surface area contributed by atoms with Gasteiger partial charge in [0.2, 0.25) is 0 Å². The highest BCUT2D eigenvalue weighted by Gasteiger charge is 2.34. The van der Waals surface area contributed by atoms with Gasteiger partial charge in [0, 0.05) is 38.1 Å². The van der Waals surface area contributed by atoms with Crippen LogP contribution in [0.1, 0.15) is 38.7 Å². The van der Waals surface area contributed by atoms with E-state index in [1.807, 2.05) is 7.05 Å². The van der Waals surface area contributed by atoms with Crippen molar-refractivity contribution in [1.82, 2.24) is 15.5 Å². The summed E-state index contributed by atoms with van der Waals surface area (Å²) >= 11 is 0. The van der Waals surface area contributed by atoms with Gasteiger partial charge in [0.1, 0.15) is 0 Å². The quantitative estimate of drug-likeness (QED) is 0.392. The van der Waals surface area contributed by atoms with Gasteiger partial charge in [-0.05, 0) is 37.3 Å². The summed E-state index contributed by atoms with van der Waals surface area (Å²) in [5.74, 6) is 1.68. The highest BCUT2D eigenvalue weighted by molar-refractivity contribution is 14.0. The molecule has 140 valence electrons. The van der Waals surface area contributed by atoms with E-state index < -0.39 is 0 Å². The van der Waals surface area contributed by atoms with Crippen molar-refractivity contribution in [2.24, 2.45) is 10.9 Å². The summed E-state index contributed by atoms with van der Waals surface area (Å²) in [5, 5.41) is 7.03. The van der Waals surface area contributed by atoms with Gasteiger partial charge in [0.15, 0.2) is 5.96 Å². The van der Waals surface area contributed by atoms with E-state index in [0.717, 1.165) is 31.0 Å². The van der Waals surface area contributed by atoms with Crippen molar-refractivity contribution in [1.29, 1.82) is 0 Å². The highest BCUT2D eigenvalue weighted by atomic mass is 127. The monoisotopic (exact) mass is 456 g/mol. The third-order valence-corrected chi connectivity index (χ3v) is 5.42. The lowest BCUT2D eigenvalue weighted by molar-refractivity contribution is 0.314. The number of nitrogens with one attached hydrogen (secondary N) is 2. The van der Waals surface area contributed by atoms with Crippen molar-refractivity contribution in [2.45, 2.75) is 44.6 Å². The minimum atomic E-state index is 0. The molecule has 1 unspecified atom stereocenters. The topological polar surface area (TPSA) is 39.7 Å². The molecular formula is C20H33IN4. The Hall–Kier alpha value is -0.820. The number of hydrogen-bond donors (Lipinski definition) is 2. The Balaban J connectivity index is 0.00000225. The normalized spacial score (nSPS) is 21.7. The van der Waals surface area contributed by atoms with Gasteiger partial charge in [-0.3, -0.25) is 4.99 Å². The SMILES string of the molecule is CN=C(NCC1CCN(C2CC2)C1)NCC(C)(C)c1ccccc1.I. The van der Waals surface area contributed by atoms with Crippen molar-refractivity contribution in [2.75, 3.05) is 33.2 Å². The first-order valence-corrected chi connectivity index (χ1v) is 9.32. The van der Waals surface area contributed by atoms with Crippen LogP contribution in [-0.4, -0.2) is 50.1 Å². The molecule has 5 heteroatoms. The van der Waals surface area contributed by atoms with Gasteiger partial charge in [-0.25, -0.2) is 0 Å². The number of hydrogen-bond acceptors (Lipinski definition) is 2. The van der Waals surface area contributed by atoms with Crippen molar-refractivity contribution < 1.29 is 0 Å². The molecule has 3 rings (SSSR count). The van der Waals surface area contributed by atoms with E-state index in [4.69, 9.17) is 0 Å². The fourth-order valence-corrected chi connectivity index (χ4v) is 3.56. The molecule has 2 fully saturated rings. The van der Waals surface area contributed by atoms with Crippen LogP contribution >= 0.6 is 24.0 Å². The number of guanidine groups is 1. The predicted molar refractivity (Wildman–Crippen MR) is 117 cm³/mol. The fourth-order valence-electron chi connectivity index (χ4n) is 3.56. The fraction of sp³-hybridized carbons (Fsp3) is 0.650. The van der Waals surface area contributed by atoms with E-state index in [1.54, 1.807) is 0 Å². The van der Waals surface area contributed by atoms with Crippen LogP contribution in [0.25, 0.3) is 0 Å². The summed E-state index contributed by atoms with van der Waals surface area (Å²) in [6.45, 7) is 8.97. The van der Waals surface area contributed by atoms with Gasteiger partial charge in [-0.1, -0.05) is 44.2 Å². The first-order chi connectivity index (χ1) is 11.6. The molecule has 0 amide bonds. The molecule has 25 heavy (non-hydrogen) atoms. The predicted octanol–water partition coefficient (Wildman–Crippen LogP) is 3.23. The van der Waals surface area contributed by atoms with Crippen LogP contribution in [0.4, 0.5) is 0 Å². The van der Waals surface area contributed by atoms with Crippen LogP contribution in [0.3, 0.4) is 0 Å². The number of benzene rings is 1. The first-order valence-electron chi connectivity index (χ1n) is 9.32. The van der Waals surface area contributed by atoms with Crippen molar-refractivity contribution in [3.63, 3.8) is 0 Å². The summed E-state index contributed by atoms with van der Waals surface area (Å²) in [6, 6.07) is 11.6. The number of likely N-dealkylation sites (tertiary alicyclic amines) is 1. The number of rotatable bonds is 6. The highest BCUT2D eigenvalue weighted by Crippen LogP contribution is 2.31. The van der Waals surface area contributed by atoms with Crippen LogP contribution < -0.4 is 10.6 Å². The molecule has 4 nitrogen and oxygen atoms in total. The second-order valence-corrected chi connectivity index (χ2v) is 7.94. The third kappa shape index (κ3) is 5.84. The second kappa shape index (κ2) is 9.21. The van der Waals surface area contributed by atoms with Gasteiger partial charge in [-0.2, -0.15) is 0 Å². The zero-order valence-electron chi connectivity index (χ0n) is 15.8. The van der Waals surface area contributed by atoms with E-state index >= 15 is 0 Å². The van der Waals surface area contributed by atoms with E-state index in [2.05, 4.69) is 64.7 Å². The van der Waals surface area contributed by atoms with Gasteiger partial charge in [-0.15, -0.1) is 24.0 Å². The zero-order valence-corrected chi connectivity index (χ0v) is 18.1. The number of aliphatic imine (C=N–C) groups is 1. The molecule has 0 aromatic heterocycles. The van der Waals surface area contributed by atoms with Gasteiger partial charge in [0.25, 0.3) is 0 Å². The van der Waals surface area contributed by atoms with Crippen LogP contribution in [0.15, 0.2) is 35.3 Å². The molecule has 1 saturated carbocycles. The number of nitrogens with zero attached hydrogens (tertiary/aromatic N) is 2. The molecule has 1 aliphatic carbocycles. The average molecular weight is 456 g/mol. The Morgan fingerprint density at radius 3 is 2.52 bits per heavy atom. The van der Waals surface area contributed by atoms with Gasteiger partial charge in [0.05, 0.1) is 0 Å². The Kier molecular flexibility index (Phi) is 7.55. The van der Waals surface area contributed by atoms with Crippen LogP contribution in [0.5, 0.6) is 0 Å². The Morgan fingerprint density at radius 2 is 1.88 bits per heavy atom. The molecule has 2 N–H and O–H groups in total. The average Bonchev–Trinajstić information content (AvgIpc) is 3.34. The summed E-state index contributed by atoms with van der Waals surface area (Å²) in [7, 11) is 1.86. The largest absolute Gasteiger partial charge is 0.356 e. The number of halogens is 1. The van der Waals surface area contributed by atoms with Crippen LogP contribution in [0, 0.1) is 5.92 Å². The molecule has 2 aliphatic rings. The van der Waals surface area contributed by atoms with E-state index in [0.29, 0.717) is 0 Å². The van der Waals surface area contributed by atoms with E-state index in [1.165, 1.54) is 37.9 Å². The van der Waals surface area contributed by atoms with Crippen LogP contribution in [0.2, 0.25) is 0 Å². The molecule has 1 saturated heterocycles. The zero-order chi connectivity index (χ0) is 17.0. The molecule has 0 radical (unpaired) electrons. The smallest absolute Gasteiger partial charge is 0.191 e. The summed E-state index contributed by atoms with van der Waals surface area (Å²) in [4.78, 5) is 7.06. The van der Waals surface area contributed by atoms with E-state index in [9.17, 15) is 0 Å². The lowest BCUT2D eigenvalue weighted by Gasteiger charge is -2.27. The molecular weight excluding hydrogens is 423 g/mol. The lowest BCUT2D eigenvalue weighted by Crippen LogP contribution is -2.45. The molecule has 1 aromatic carbocycles. The molecule has 1 aliphatic heterocycles. The maximum Gasteiger partial charge on any atom is 0.191 e. The standard InChI is InChI=1S/C20H32N4.HI/c1-20(2,17-7-5-4-6-8-17)15-23-19(21-3)22-13-16-11-12-24(14-16)18-9-10-18;/h4-8,16,18H,9-15H2,1-3H3,(H2,21,22,23);1H. The molecule has 1 heterocycles. The van der Waals surface area contributed by atoms with Crippen LogP contribution in [-0.2, 0) is 5.41 Å². The second-order valence-electron chi connectivity index (χ2n) is 7.94. The Bertz CT molecular complexity index is 554. The molecule has 1 atom stereocenters. The maximum absolute atomic E-state index is 4.39. The van der Waals surface area contributed by atoms with E-state index in [-0.39, 0.29) is 29.4 Å².